The fourth-order valence-corrected chi connectivity index (χ4v) is 2.77. The van der Waals surface area contributed by atoms with E-state index in [0.29, 0.717) is 16.0 Å². The summed E-state index contributed by atoms with van der Waals surface area (Å²) < 4.78 is 27.0. The van der Waals surface area contributed by atoms with Crippen LogP contribution in [0.5, 0.6) is 0 Å². The van der Waals surface area contributed by atoms with Crippen LogP contribution in [-0.2, 0) is 10.0 Å². The Hall–Kier alpha value is -1.67. The number of hydrogen-bond acceptors (Lipinski definition) is 5. The van der Waals surface area contributed by atoms with Crippen molar-refractivity contribution in [2.24, 2.45) is 0 Å². The van der Waals surface area contributed by atoms with Crippen molar-refractivity contribution < 1.29 is 8.42 Å². The highest BCUT2D eigenvalue weighted by Gasteiger charge is 2.15. The van der Waals surface area contributed by atoms with Gasteiger partial charge in [-0.05, 0) is 34.1 Å². The number of nitrogens with zero attached hydrogens (tertiary/aromatic N) is 2. The number of nitrogens with one attached hydrogen (secondary N) is 1. The molecule has 0 aliphatic rings. The van der Waals surface area contributed by atoms with Crippen molar-refractivity contribution in [1.29, 1.82) is 0 Å². The van der Waals surface area contributed by atoms with Gasteiger partial charge in [0.05, 0.1) is 11.9 Å². The van der Waals surface area contributed by atoms with Gasteiger partial charge < -0.3 is 5.73 Å². The molecule has 0 aromatic carbocycles. The smallest absolute Gasteiger partial charge is 0.263 e. The van der Waals surface area contributed by atoms with Gasteiger partial charge in [0.15, 0.2) is 0 Å². The van der Waals surface area contributed by atoms with Crippen molar-refractivity contribution >= 4 is 37.5 Å². The van der Waals surface area contributed by atoms with Crippen LogP contribution in [0.1, 0.15) is 0 Å². The lowest BCUT2D eigenvalue weighted by Gasteiger charge is -2.07. The maximum Gasteiger partial charge on any atom is 0.263 e. The van der Waals surface area contributed by atoms with Crippen LogP contribution in [-0.4, -0.2) is 18.4 Å². The minimum atomic E-state index is -3.67. The average molecular weight is 329 g/mol. The summed E-state index contributed by atoms with van der Waals surface area (Å²) in [6, 6.07) is 4.50. The summed E-state index contributed by atoms with van der Waals surface area (Å²) in [6.07, 6.45) is 4.11. The van der Waals surface area contributed by atoms with E-state index in [4.69, 9.17) is 5.73 Å². The van der Waals surface area contributed by atoms with Crippen molar-refractivity contribution in [3.8, 4) is 0 Å². The van der Waals surface area contributed by atoms with Crippen LogP contribution in [0.4, 0.5) is 11.5 Å². The van der Waals surface area contributed by atoms with Crippen LogP contribution < -0.4 is 10.5 Å². The van der Waals surface area contributed by atoms with E-state index in [9.17, 15) is 8.42 Å². The number of anilines is 2. The lowest BCUT2D eigenvalue weighted by molar-refractivity contribution is 0.600. The zero-order valence-electron chi connectivity index (χ0n) is 9.04. The van der Waals surface area contributed by atoms with Crippen LogP contribution in [0.25, 0.3) is 0 Å². The first kappa shape index (κ1) is 12.8. The number of halogens is 1. The zero-order valence-corrected chi connectivity index (χ0v) is 11.4. The van der Waals surface area contributed by atoms with Crippen LogP contribution in [0.3, 0.4) is 0 Å². The molecular weight excluding hydrogens is 320 g/mol. The van der Waals surface area contributed by atoms with Gasteiger partial charge in [-0.15, -0.1) is 0 Å². The van der Waals surface area contributed by atoms with Crippen molar-refractivity contribution in [2.45, 2.75) is 4.90 Å². The van der Waals surface area contributed by atoms with Gasteiger partial charge in [0.25, 0.3) is 10.0 Å². The van der Waals surface area contributed by atoms with Gasteiger partial charge in [0, 0.05) is 16.9 Å². The highest BCUT2D eigenvalue weighted by atomic mass is 79.9. The third-order valence-electron chi connectivity index (χ3n) is 2.03. The summed E-state index contributed by atoms with van der Waals surface area (Å²) in [5.74, 6) is 0.321. The Morgan fingerprint density at radius 2 is 2.00 bits per heavy atom. The predicted molar refractivity (Wildman–Crippen MR) is 71.4 cm³/mol. The molecule has 0 aliphatic carbocycles. The molecule has 0 saturated heterocycles. The van der Waals surface area contributed by atoms with E-state index in [-0.39, 0.29) is 4.90 Å². The molecule has 2 heterocycles. The predicted octanol–water partition coefficient (Wildman–Crippen LogP) is 1.62. The van der Waals surface area contributed by atoms with E-state index >= 15 is 0 Å². The first-order valence-corrected chi connectivity index (χ1v) is 7.10. The summed E-state index contributed by atoms with van der Waals surface area (Å²) in [5, 5.41) is 0. The molecule has 0 atom stereocenters. The molecule has 0 radical (unpaired) electrons. The molecule has 8 heteroatoms. The largest absolute Gasteiger partial charge is 0.384 e. The Labute approximate surface area is 112 Å². The van der Waals surface area contributed by atoms with Crippen molar-refractivity contribution in [1.82, 2.24) is 9.97 Å². The van der Waals surface area contributed by atoms with Crippen molar-refractivity contribution in [3.05, 3.63) is 41.3 Å². The average Bonchev–Trinajstić information content (AvgIpc) is 2.32. The number of nitrogen functional groups attached to an aromatic ring is 1. The molecule has 0 amide bonds. The third kappa shape index (κ3) is 2.96. The van der Waals surface area contributed by atoms with Crippen LogP contribution >= 0.6 is 15.9 Å². The Morgan fingerprint density at radius 3 is 2.61 bits per heavy atom. The van der Waals surface area contributed by atoms with Crippen LogP contribution in [0, 0.1) is 0 Å². The minimum Gasteiger partial charge on any atom is -0.384 e. The molecule has 6 nitrogen and oxygen atoms in total. The highest BCUT2D eigenvalue weighted by Crippen LogP contribution is 2.18. The normalized spacial score (nSPS) is 11.2. The number of hydrogen-bond donors (Lipinski definition) is 2. The first-order chi connectivity index (χ1) is 8.47. The number of pyridine rings is 2. The number of rotatable bonds is 3. The van der Waals surface area contributed by atoms with Crippen LogP contribution in [0.2, 0.25) is 0 Å². The summed E-state index contributed by atoms with van der Waals surface area (Å²) in [6.45, 7) is 0. The number of nitrogens with two attached hydrogens (primary N) is 1. The lowest BCUT2D eigenvalue weighted by atomic mass is 10.4. The van der Waals surface area contributed by atoms with E-state index in [1.807, 2.05) is 0 Å². The maximum atomic E-state index is 12.0. The molecule has 2 aromatic heterocycles. The minimum absolute atomic E-state index is 0.0636. The molecule has 0 spiro atoms. The van der Waals surface area contributed by atoms with E-state index in [1.54, 1.807) is 0 Å². The Morgan fingerprint density at radius 1 is 1.22 bits per heavy atom. The quantitative estimate of drug-likeness (QED) is 0.892. The Kier molecular flexibility index (Phi) is 3.48. The lowest BCUT2D eigenvalue weighted by Crippen LogP contribution is -2.13. The molecule has 0 unspecified atom stereocenters. The van der Waals surface area contributed by atoms with Gasteiger partial charge in [-0.25, -0.2) is 13.4 Å². The topological polar surface area (TPSA) is 98.0 Å². The van der Waals surface area contributed by atoms with Gasteiger partial charge in [-0.2, -0.15) is 0 Å². The summed E-state index contributed by atoms with van der Waals surface area (Å²) in [7, 11) is -3.67. The van der Waals surface area contributed by atoms with E-state index in [2.05, 4.69) is 30.6 Å². The second-order valence-corrected chi connectivity index (χ2v) is 6.01. The Balaban J connectivity index is 2.30. The molecular formula is C10H9BrN4O2S. The van der Waals surface area contributed by atoms with Gasteiger partial charge >= 0.3 is 0 Å². The molecule has 2 aromatic rings. The highest BCUT2D eigenvalue weighted by molar-refractivity contribution is 9.10. The van der Waals surface area contributed by atoms with Gasteiger partial charge in [-0.3, -0.25) is 9.71 Å². The van der Waals surface area contributed by atoms with Gasteiger partial charge in [0.2, 0.25) is 0 Å². The number of sulfonamides is 1. The summed E-state index contributed by atoms with van der Waals surface area (Å²) >= 11 is 3.17. The monoisotopic (exact) mass is 328 g/mol. The fraction of sp³-hybridized carbons (Fsp3) is 0. The third-order valence-corrected chi connectivity index (χ3v) is 3.81. The van der Waals surface area contributed by atoms with Gasteiger partial charge in [-0.1, -0.05) is 0 Å². The fourth-order valence-electron chi connectivity index (χ4n) is 1.22. The van der Waals surface area contributed by atoms with E-state index in [1.165, 1.54) is 36.8 Å². The molecule has 0 bridgehead atoms. The summed E-state index contributed by atoms with van der Waals surface area (Å²) in [4.78, 5) is 7.67. The standard InChI is InChI=1S/C10H9BrN4O2S/c11-7-3-9(6-13-4-7)18(16,17)15-8-1-2-10(12)14-5-8/h1-6,15H,(H2,12,14). The second kappa shape index (κ2) is 4.91. The van der Waals surface area contributed by atoms with Gasteiger partial charge in [0.1, 0.15) is 10.7 Å². The molecule has 0 saturated carbocycles. The molecule has 2 rings (SSSR count). The van der Waals surface area contributed by atoms with E-state index < -0.39 is 10.0 Å². The van der Waals surface area contributed by atoms with Crippen LogP contribution in [0.15, 0.2) is 46.2 Å². The zero-order chi connectivity index (χ0) is 13.2. The SMILES string of the molecule is Nc1ccc(NS(=O)(=O)c2cncc(Br)c2)cn1. The summed E-state index contributed by atoms with van der Waals surface area (Å²) in [5.41, 5.74) is 5.75. The number of aromatic nitrogens is 2. The Bertz CT molecular complexity index is 658. The second-order valence-electron chi connectivity index (χ2n) is 3.42. The molecule has 94 valence electrons. The molecule has 0 aliphatic heterocycles. The maximum absolute atomic E-state index is 12.0. The molecule has 0 fully saturated rings. The van der Waals surface area contributed by atoms with Crippen molar-refractivity contribution in [2.75, 3.05) is 10.5 Å². The molecule has 3 N–H and O–H groups in total. The molecule has 18 heavy (non-hydrogen) atoms. The first-order valence-electron chi connectivity index (χ1n) is 4.82. The van der Waals surface area contributed by atoms with E-state index in [0.717, 1.165) is 0 Å². The van der Waals surface area contributed by atoms with Crippen molar-refractivity contribution in [3.63, 3.8) is 0 Å².